The zero-order valence-electron chi connectivity index (χ0n) is 16.3. The van der Waals surface area contributed by atoms with E-state index in [1.807, 2.05) is 0 Å². The van der Waals surface area contributed by atoms with Crippen molar-refractivity contribution in [2.24, 2.45) is 11.5 Å². The molecule has 0 unspecified atom stereocenters. The van der Waals surface area contributed by atoms with E-state index in [1.165, 1.54) is 0 Å². The van der Waals surface area contributed by atoms with Crippen LogP contribution >= 0.6 is 0 Å². The molecule has 0 amide bonds. The van der Waals surface area contributed by atoms with Gasteiger partial charge in [0.1, 0.15) is 17.9 Å². The second-order valence-electron chi connectivity index (χ2n) is 6.83. The van der Waals surface area contributed by atoms with Gasteiger partial charge < -0.3 is 47.5 Å². The number of carbonyl (C=O) groups is 2. The van der Waals surface area contributed by atoms with Gasteiger partial charge in [0.2, 0.25) is 5.95 Å². The molecule has 0 spiro atoms. The zero-order valence-corrected chi connectivity index (χ0v) is 16.3. The molecule has 0 aliphatic carbocycles. The normalized spacial score (nSPS) is 14.2. The Morgan fingerprint density at radius 3 is 2.17 bits per heavy atom. The lowest BCUT2D eigenvalue weighted by atomic mass is 10.1. The fraction of sp³-hybridized carbons (Fsp3) is 0.706. The van der Waals surface area contributed by atoms with Crippen LogP contribution in [0.25, 0.3) is 0 Å². The van der Waals surface area contributed by atoms with Gasteiger partial charge >= 0.3 is 11.9 Å². The summed E-state index contributed by atoms with van der Waals surface area (Å²) in [6.45, 7) is 0.608. The third kappa shape index (κ3) is 9.56. The van der Waals surface area contributed by atoms with Crippen LogP contribution in [0.2, 0.25) is 0 Å². The van der Waals surface area contributed by atoms with Crippen molar-refractivity contribution in [2.45, 2.75) is 56.7 Å². The van der Waals surface area contributed by atoms with E-state index < -0.39 is 30.1 Å². The van der Waals surface area contributed by atoms with E-state index in [0.29, 0.717) is 62.7 Å². The molecule has 1 heterocycles. The number of nitrogens with one attached hydrogen (secondary N) is 3. The van der Waals surface area contributed by atoms with Crippen LogP contribution < -0.4 is 22.1 Å². The summed E-state index contributed by atoms with van der Waals surface area (Å²) >= 11 is 0. The lowest BCUT2D eigenvalue weighted by Gasteiger charge is -2.09. The van der Waals surface area contributed by atoms with Crippen LogP contribution in [0.1, 0.15) is 37.8 Å². The highest BCUT2D eigenvalue weighted by Crippen LogP contribution is 2.18. The molecule has 12 nitrogen and oxygen atoms in total. The standard InChI is InChI=1S/C17H32N6O6/c18-11(15(26)27)4-1-2-6-20-14-13(8-10(25)9-24)22-17(23-14)21-7-3-5-12(19)16(28)29/h10-12,20,24-25H,1-9,18-19H2,(H,26,27)(H,28,29)(H2,21,22,23)/t10-,11-,12-/m0/s1. The number of carboxylic acids is 2. The van der Waals surface area contributed by atoms with Crippen molar-refractivity contribution in [1.82, 2.24) is 9.97 Å². The second kappa shape index (κ2) is 12.9. The molecule has 1 aromatic rings. The number of aliphatic hydroxyl groups excluding tert-OH is 2. The molecule has 29 heavy (non-hydrogen) atoms. The van der Waals surface area contributed by atoms with Crippen molar-refractivity contribution in [3.05, 3.63) is 5.69 Å². The highest BCUT2D eigenvalue weighted by molar-refractivity contribution is 5.73. The number of hydrogen-bond donors (Lipinski definition) is 9. The molecule has 1 aromatic heterocycles. The summed E-state index contributed by atoms with van der Waals surface area (Å²) in [6.07, 6.45) is 1.78. The minimum atomic E-state index is -1.04. The summed E-state index contributed by atoms with van der Waals surface area (Å²) < 4.78 is 0. The maximum Gasteiger partial charge on any atom is 0.320 e. The molecule has 166 valence electrons. The Labute approximate surface area is 168 Å². The monoisotopic (exact) mass is 416 g/mol. The predicted molar refractivity (Wildman–Crippen MR) is 107 cm³/mol. The molecule has 0 aliphatic rings. The van der Waals surface area contributed by atoms with E-state index in [9.17, 15) is 14.7 Å². The Bertz CT molecular complexity index is 640. The van der Waals surface area contributed by atoms with E-state index in [4.69, 9.17) is 26.8 Å². The van der Waals surface area contributed by atoms with Gasteiger partial charge in [-0.1, -0.05) is 0 Å². The largest absolute Gasteiger partial charge is 0.480 e. The number of carboxylic acid groups (broad SMARTS) is 2. The molecule has 11 N–H and O–H groups in total. The maximum atomic E-state index is 10.7. The number of H-pyrrole nitrogens is 1. The van der Waals surface area contributed by atoms with Crippen LogP contribution in [0.4, 0.5) is 11.8 Å². The SMILES string of the molecule is N[C@@H](CCCCNc1nc(NCCC[C@H](N)C(=O)O)[nH]c1C[C@H](O)CO)C(=O)O. The van der Waals surface area contributed by atoms with E-state index >= 15 is 0 Å². The number of aliphatic hydroxyl groups is 2. The third-order valence-corrected chi connectivity index (χ3v) is 4.28. The zero-order chi connectivity index (χ0) is 21.8. The quantitative estimate of drug-likeness (QED) is 0.147. The molecule has 1 rings (SSSR count). The van der Waals surface area contributed by atoms with Gasteiger partial charge in [0.05, 0.1) is 18.4 Å². The summed E-state index contributed by atoms with van der Waals surface area (Å²) in [7, 11) is 0. The Kier molecular flexibility index (Phi) is 11.0. The van der Waals surface area contributed by atoms with Crippen molar-refractivity contribution in [1.29, 1.82) is 0 Å². The first-order valence-corrected chi connectivity index (χ1v) is 9.56. The predicted octanol–water partition coefficient (Wildman–Crippen LogP) is -1.10. The Hall–Kier alpha value is -2.41. The van der Waals surface area contributed by atoms with Gasteiger partial charge in [-0.2, -0.15) is 4.98 Å². The first-order chi connectivity index (χ1) is 13.7. The van der Waals surface area contributed by atoms with Gasteiger partial charge in [-0.3, -0.25) is 9.59 Å². The molecule has 0 aromatic carbocycles. The molecule has 3 atom stereocenters. The summed E-state index contributed by atoms with van der Waals surface area (Å²) in [5.41, 5.74) is 11.5. The Balaban J connectivity index is 2.53. The van der Waals surface area contributed by atoms with Gasteiger partial charge in [-0.25, -0.2) is 0 Å². The van der Waals surface area contributed by atoms with Gasteiger partial charge in [0.25, 0.3) is 0 Å². The number of unbranched alkanes of at least 4 members (excludes halogenated alkanes) is 1. The Morgan fingerprint density at radius 2 is 1.59 bits per heavy atom. The second-order valence-corrected chi connectivity index (χ2v) is 6.83. The van der Waals surface area contributed by atoms with Crippen molar-refractivity contribution in [3.8, 4) is 0 Å². The average molecular weight is 416 g/mol. The molecular weight excluding hydrogens is 384 g/mol. The molecule has 0 saturated heterocycles. The summed E-state index contributed by atoms with van der Waals surface area (Å²) in [5.74, 6) is -1.10. The van der Waals surface area contributed by atoms with Crippen LogP contribution in [0.15, 0.2) is 0 Å². The minimum absolute atomic E-state index is 0.168. The fourth-order valence-electron chi connectivity index (χ4n) is 2.56. The molecule has 0 radical (unpaired) electrons. The van der Waals surface area contributed by atoms with Crippen LogP contribution in [0.5, 0.6) is 0 Å². The number of nitrogens with two attached hydrogens (primary N) is 2. The molecule has 0 bridgehead atoms. The summed E-state index contributed by atoms with van der Waals surface area (Å²) in [6, 6.07) is -1.78. The van der Waals surface area contributed by atoms with Crippen LogP contribution in [0.3, 0.4) is 0 Å². The molecule has 12 heteroatoms. The van der Waals surface area contributed by atoms with Crippen molar-refractivity contribution < 1.29 is 30.0 Å². The first kappa shape index (κ1) is 24.6. The van der Waals surface area contributed by atoms with E-state index in [2.05, 4.69) is 20.6 Å². The number of nitrogens with zero attached hydrogens (tertiary/aromatic N) is 1. The topological polar surface area (TPSA) is 220 Å². The Morgan fingerprint density at radius 1 is 1.00 bits per heavy atom. The summed E-state index contributed by atoms with van der Waals surface area (Å²) in [5, 5.41) is 42.5. The molecular formula is C17H32N6O6. The van der Waals surface area contributed by atoms with E-state index in [0.717, 1.165) is 0 Å². The van der Waals surface area contributed by atoms with Crippen LogP contribution in [0, 0.1) is 0 Å². The fourth-order valence-corrected chi connectivity index (χ4v) is 2.56. The van der Waals surface area contributed by atoms with Gasteiger partial charge in [-0.15, -0.1) is 0 Å². The van der Waals surface area contributed by atoms with Crippen molar-refractivity contribution in [3.63, 3.8) is 0 Å². The number of anilines is 2. The smallest absolute Gasteiger partial charge is 0.320 e. The molecule has 0 aliphatic heterocycles. The van der Waals surface area contributed by atoms with Gasteiger partial charge in [0.15, 0.2) is 0 Å². The highest BCUT2D eigenvalue weighted by atomic mass is 16.4. The minimum Gasteiger partial charge on any atom is -0.480 e. The molecule has 0 saturated carbocycles. The van der Waals surface area contributed by atoms with Crippen LogP contribution in [-0.2, 0) is 16.0 Å². The number of aliphatic carboxylic acids is 2. The lowest BCUT2D eigenvalue weighted by Crippen LogP contribution is -2.30. The van der Waals surface area contributed by atoms with E-state index in [1.54, 1.807) is 0 Å². The number of rotatable bonds is 16. The van der Waals surface area contributed by atoms with E-state index in [-0.39, 0.29) is 13.0 Å². The number of aromatic nitrogens is 2. The lowest BCUT2D eigenvalue weighted by molar-refractivity contribution is -0.139. The first-order valence-electron chi connectivity index (χ1n) is 9.56. The van der Waals surface area contributed by atoms with Crippen molar-refractivity contribution >= 4 is 23.7 Å². The highest BCUT2D eigenvalue weighted by Gasteiger charge is 2.15. The number of aromatic amines is 1. The van der Waals surface area contributed by atoms with Gasteiger partial charge in [-0.05, 0) is 32.1 Å². The van der Waals surface area contributed by atoms with Crippen molar-refractivity contribution in [2.75, 3.05) is 30.3 Å². The number of imidazole rings is 1. The molecule has 0 fully saturated rings. The van der Waals surface area contributed by atoms with Crippen LogP contribution in [-0.4, -0.2) is 80.2 Å². The maximum absolute atomic E-state index is 10.7. The third-order valence-electron chi connectivity index (χ3n) is 4.28. The number of hydrogen-bond acceptors (Lipinski definition) is 9. The summed E-state index contributed by atoms with van der Waals surface area (Å²) in [4.78, 5) is 28.8. The average Bonchev–Trinajstić information content (AvgIpc) is 3.05. The van der Waals surface area contributed by atoms with Gasteiger partial charge in [0, 0.05) is 19.5 Å².